The first-order chi connectivity index (χ1) is 12.6. The van der Waals surface area contributed by atoms with Gasteiger partial charge in [-0.05, 0) is 44.4 Å². The Bertz CT molecular complexity index is 728. The average molecular weight is 374 g/mol. The van der Waals surface area contributed by atoms with Crippen LogP contribution in [-0.4, -0.2) is 36.6 Å². The highest BCUT2D eigenvalue weighted by atomic mass is 16.7. The van der Waals surface area contributed by atoms with Crippen molar-refractivity contribution in [3.63, 3.8) is 0 Å². The van der Waals surface area contributed by atoms with Gasteiger partial charge in [0.15, 0.2) is 11.5 Å². The van der Waals surface area contributed by atoms with Gasteiger partial charge in [0.2, 0.25) is 18.6 Å². The number of amides is 2. The summed E-state index contributed by atoms with van der Waals surface area (Å²) in [5.41, 5.74) is 0.0767. The molecule has 6 nitrogen and oxygen atoms in total. The van der Waals surface area contributed by atoms with Crippen LogP contribution in [0.25, 0.3) is 0 Å². The first kappa shape index (κ1) is 19.5. The van der Waals surface area contributed by atoms with Crippen LogP contribution in [-0.2, 0) is 15.1 Å². The normalized spacial score (nSPS) is 17.7. The van der Waals surface area contributed by atoms with Crippen molar-refractivity contribution in [3.8, 4) is 11.5 Å². The van der Waals surface area contributed by atoms with Crippen molar-refractivity contribution in [2.24, 2.45) is 11.3 Å². The molecule has 0 aromatic heterocycles. The van der Waals surface area contributed by atoms with E-state index in [0.717, 1.165) is 11.3 Å². The van der Waals surface area contributed by atoms with E-state index < -0.39 is 5.54 Å². The van der Waals surface area contributed by atoms with Crippen LogP contribution in [0.4, 0.5) is 0 Å². The number of nitrogens with one attached hydrogen (secondary N) is 1. The van der Waals surface area contributed by atoms with Crippen LogP contribution >= 0.6 is 0 Å². The van der Waals surface area contributed by atoms with Crippen molar-refractivity contribution < 1.29 is 19.1 Å². The van der Waals surface area contributed by atoms with Gasteiger partial charge in [-0.2, -0.15) is 0 Å². The van der Waals surface area contributed by atoms with Gasteiger partial charge in [-0.15, -0.1) is 0 Å². The Balaban J connectivity index is 1.60. The predicted octanol–water partition coefficient (Wildman–Crippen LogP) is 3.05. The van der Waals surface area contributed by atoms with Crippen molar-refractivity contribution in [1.29, 1.82) is 0 Å². The molecule has 0 aliphatic carbocycles. The minimum Gasteiger partial charge on any atom is -0.454 e. The lowest BCUT2D eigenvalue weighted by Gasteiger charge is -2.36. The summed E-state index contributed by atoms with van der Waals surface area (Å²) in [6.07, 6.45) is 1.40. The molecule has 148 valence electrons. The molecular weight excluding hydrogens is 344 g/mol. The Labute approximate surface area is 161 Å². The minimum absolute atomic E-state index is 0.0422. The monoisotopic (exact) mass is 374 g/mol. The van der Waals surface area contributed by atoms with Gasteiger partial charge in [0.05, 0.1) is 5.54 Å². The zero-order valence-electron chi connectivity index (χ0n) is 16.9. The molecule has 0 bridgehead atoms. The van der Waals surface area contributed by atoms with Gasteiger partial charge in [0, 0.05) is 24.4 Å². The lowest BCUT2D eigenvalue weighted by Crippen LogP contribution is -2.49. The summed E-state index contributed by atoms with van der Waals surface area (Å²) in [5, 5.41) is 3.17. The second-order valence-electron chi connectivity index (χ2n) is 9.00. The molecule has 3 rings (SSSR count). The summed E-state index contributed by atoms with van der Waals surface area (Å²) in [4.78, 5) is 27.1. The lowest BCUT2D eigenvalue weighted by atomic mass is 9.89. The number of ether oxygens (including phenoxy) is 2. The summed E-state index contributed by atoms with van der Waals surface area (Å²) in [5.74, 6) is 1.57. The second kappa shape index (κ2) is 7.06. The number of nitrogens with zero attached hydrogens (tertiary/aromatic N) is 1. The molecule has 2 aliphatic rings. The Morgan fingerprint density at radius 2 is 1.67 bits per heavy atom. The highest BCUT2D eigenvalue weighted by molar-refractivity contribution is 5.83. The number of carbonyl (C=O) groups excluding carboxylic acids is 2. The third-order valence-corrected chi connectivity index (χ3v) is 5.32. The Hall–Kier alpha value is -2.24. The maximum atomic E-state index is 12.8. The molecule has 0 saturated carbocycles. The smallest absolute Gasteiger partial charge is 0.231 e. The molecule has 1 saturated heterocycles. The molecule has 2 heterocycles. The molecule has 0 radical (unpaired) electrons. The van der Waals surface area contributed by atoms with Crippen LogP contribution < -0.4 is 14.8 Å². The van der Waals surface area contributed by atoms with Crippen LogP contribution in [0.15, 0.2) is 18.2 Å². The van der Waals surface area contributed by atoms with Crippen molar-refractivity contribution in [2.75, 3.05) is 19.9 Å². The van der Waals surface area contributed by atoms with Gasteiger partial charge < -0.3 is 19.7 Å². The molecular formula is C21H30N2O4. The third kappa shape index (κ3) is 4.20. The van der Waals surface area contributed by atoms with Crippen LogP contribution in [0, 0.1) is 11.3 Å². The molecule has 1 aromatic rings. The maximum Gasteiger partial charge on any atom is 0.231 e. The maximum absolute atomic E-state index is 12.8. The highest BCUT2D eigenvalue weighted by Gasteiger charge is 2.34. The fourth-order valence-corrected chi connectivity index (χ4v) is 3.59. The zero-order valence-corrected chi connectivity index (χ0v) is 16.9. The van der Waals surface area contributed by atoms with Crippen LogP contribution in [0.1, 0.15) is 53.0 Å². The molecule has 1 aromatic carbocycles. The molecule has 27 heavy (non-hydrogen) atoms. The summed E-state index contributed by atoms with van der Waals surface area (Å²) in [7, 11) is 0. The first-order valence-corrected chi connectivity index (χ1v) is 9.59. The van der Waals surface area contributed by atoms with Crippen LogP contribution in [0.5, 0.6) is 11.5 Å². The largest absolute Gasteiger partial charge is 0.454 e. The van der Waals surface area contributed by atoms with Gasteiger partial charge >= 0.3 is 0 Å². The van der Waals surface area contributed by atoms with E-state index in [9.17, 15) is 9.59 Å². The van der Waals surface area contributed by atoms with E-state index in [2.05, 4.69) is 5.32 Å². The number of hydrogen-bond donors (Lipinski definition) is 1. The predicted molar refractivity (Wildman–Crippen MR) is 102 cm³/mol. The quantitative estimate of drug-likeness (QED) is 0.883. The number of likely N-dealkylation sites (tertiary alicyclic amines) is 1. The molecule has 1 fully saturated rings. The summed E-state index contributed by atoms with van der Waals surface area (Å²) in [6, 6.07) is 5.76. The number of fused-ring (bicyclic) bond motifs is 1. The molecule has 2 aliphatic heterocycles. The molecule has 0 unspecified atom stereocenters. The van der Waals surface area contributed by atoms with E-state index in [4.69, 9.17) is 9.47 Å². The number of benzene rings is 1. The van der Waals surface area contributed by atoms with E-state index in [1.165, 1.54) is 0 Å². The second-order valence-corrected chi connectivity index (χ2v) is 9.00. The standard InChI is InChI=1S/C21H30N2O4/c1-20(2,3)19(25)23-10-8-14(9-11-23)18(24)22-21(4,5)15-6-7-16-17(12-15)27-13-26-16/h6-7,12,14H,8-11,13H2,1-5H3,(H,22,24). The molecule has 1 N–H and O–H groups in total. The summed E-state index contributed by atoms with van der Waals surface area (Å²) in [6.45, 7) is 11.3. The number of hydrogen-bond acceptors (Lipinski definition) is 4. The van der Waals surface area contributed by atoms with Gasteiger partial charge in [-0.1, -0.05) is 26.8 Å². The van der Waals surface area contributed by atoms with Crippen LogP contribution in [0.3, 0.4) is 0 Å². The Morgan fingerprint density at radius 3 is 2.30 bits per heavy atom. The minimum atomic E-state index is -0.517. The van der Waals surface area contributed by atoms with Crippen LogP contribution in [0.2, 0.25) is 0 Å². The third-order valence-electron chi connectivity index (χ3n) is 5.32. The van der Waals surface area contributed by atoms with Crippen molar-refractivity contribution >= 4 is 11.8 Å². The van der Waals surface area contributed by atoms with Crippen molar-refractivity contribution in [2.45, 2.75) is 53.0 Å². The van der Waals surface area contributed by atoms with Crippen molar-refractivity contribution in [1.82, 2.24) is 10.2 Å². The SMILES string of the molecule is CC(C)(C)C(=O)N1CCC(C(=O)NC(C)(C)c2ccc3c(c2)OCO3)CC1. The summed E-state index contributed by atoms with van der Waals surface area (Å²) >= 11 is 0. The van der Waals surface area contributed by atoms with E-state index in [1.807, 2.05) is 57.7 Å². The Morgan fingerprint density at radius 1 is 1.04 bits per heavy atom. The zero-order chi connectivity index (χ0) is 19.8. The number of rotatable bonds is 3. The molecule has 2 amide bonds. The fraction of sp³-hybridized carbons (Fsp3) is 0.619. The van der Waals surface area contributed by atoms with Gasteiger partial charge in [-0.25, -0.2) is 0 Å². The molecule has 0 atom stereocenters. The summed E-state index contributed by atoms with van der Waals surface area (Å²) < 4.78 is 10.8. The van der Waals surface area contributed by atoms with Gasteiger partial charge in [0.25, 0.3) is 0 Å². The van der Waals surface area contributed by atoms with E-state index in [-0.39, 0.29) is 29.9 Å². The van der Waals surface area contributed by atoms with E-state index in [1.54, 1.807) is 0 Å². The van der Waals surface area contributed by atoms with E-state index in [0.29, 0.717) is 31.7 Å². The number of piperidine rings is 1. The fourth-order valence-electron chi connectivity index (χ4n) is 3.59. The Kier molecular flexibility index (Phi) is 5.10. The molecule has 6 heteroatoms. The lowest BCUT2D eigenvalue weighted by molar-refractivity contribution is -0.142. The topological polar surface area (TPSA) is 67.9 Å². The van der Waals surface area contributed by atoms with Gasteiger partial charge in [0.1, 0.15) is 0 Å². The van der Waals surface area contributed by atoms with E-state index >= 15 is 0 Å². The number of carbonyl (C=O) groups is 2. The first-order valence-electron chi connectivity index (χ1n) is 9.59. The van der Waals surface area contributed by atoms with Gasteiger partial charge in [-0.3, -0.25) is 9.59 Å². The highest BCUT2D eigenvalue weighted by Crippen LogP contribution is 2.36. The molecule has 0 spiro atoms. The van der Waals surface area contributed by atoms with Crippen molar-refractivity contribution in [3.05, 3.63) is 23.8 Å². The average Bonchev–Trinajstić information content (AvgIpc) is 3.07.